The lowest BCUT2D eigenvalue weighted by Crippen LogP contribution is -2.46. The molecule has 1 saturated carbocycles. The quantitative estimate of drug-likeness (QED) is 0.332. The summed E-state index contributed by atoms with van der Waals surface area (Å²) in [5.74, 6) is -0.979. The van der Waals surface area contributed by atoms with Gasteiger partial charge >= 0.3 is 5.97 Å². The lowest BCUT2D eigenvalue weighted by Gasteiger charge is -2.43. The van der Waals surface area contributed by atoms with Crippen LogP contribution in [-0.2, 0) is 9.59 Å². The molecule has 37 heavy (non-hydrogen) atoms. The van der Waals surface area contributed by atoms with E-state index in [9.17, 15) is 14.7 Å². The molecule has 1 aliphatic heterocycles. The van der Waals surface area contributed by atoms with Gasteiger partial charge in [0, 0.05) is 27.6 Å². The Hall–Kier alpha value is -2.89. The highest BCUT2D eigenvalue weighted by molar-refractivity contribution is 6.30. The van der Waals surface area contributed by atoms with Crippen molar-refractivity contribution in [2.45, 2.75) is 63.5 Å². The second-order valence-corrected chi connectivity index (χ2v) is 10.5. The number of benzene rings is 2. The zero-order valence-electron chi connectivity index (χ0n) is 20.9. The molecule has 1 saturated heterocycles. The zero-order valence-corrected chi connectivity index (χ0v) is 22.4. The van der Waals surface area contributed by atoms with Gasteiger partial charge in [-0.05, 0) is 74.1 Å². The van der Waals surface area contributed by atoms with Gasteiger partial charge in [-0.25, -0.2) is 0 Å². The molecule has 2 heterocycles. The first-order chi connectivity index (χ1) is 17.9. The molecule has 5 rings (SSSR count). The van der Waals surface area contributed by atoms with Crippen LogP contribution in [0.1, 0.15) is 80.4 Å². The van der Waals surface area contributed by atoms with Gasteiger partial charge in [-0.2, -0.15) is 0 Å². The molecule has 0 radical (unpaired) electrons. The third-order valence-electron chi connectivity index (χ3n) is 6.99. The second-order valence-electron chi connectivity index (χ2n) is 9.67. The topological polar surface area (TPSA) is 70.5 Å². The van der Waals surface area contributed by atoms with Crippen LogP contribution < -0.4 is 0 Å². The summed E-state index contributed by atoms with van der Waals surface area (Å²) in [5, 5.41) is 10.8. The molecule has 2 aromatic carbocycles. The fourth-order valence-electron chi connectivity index (χ4n) is 4.99. The Morgan fingerprint density at radius 2 is 1.62 bits per heavy atom. The molecule has 3 aromatic rings. The van der Waals surface area contributed by atoms with Crippen molar-refractivity contribution in [2.24, 2.45) is 5.92 Å². The third-order valence-corrected chi connectivity index (χ3v) is 7.49. The molecule has 1 N–H and O–H groups in total. The summed E-state index contributed by atoms with van der Waals surface area (Å²) in [7, 11) is 0. The average molecular weight is 540 g/mol. The van der Waals surface area contributed by atoms with Crippen molar-refractivity contribution in [1.29, 1.82) is 0 Å². The van der Waals surface area contributed by atoms with E-state index in [-0.39, 0.29) is 24.4 Å². The molecule has 0 bridgehead atoms. The number of aliphatic carboxylic acids is 1. The first kappa shape index (κ1) is 27.2. The van der Waals surface area contributed by atoms with Crippen LogP contribution in [0.5, 0.6) is 0 Å². The van der Waals surface area contributed by atoms with Gasteiger partial charge < -0.3 is 10.0 Å². The molecule has 7 heteroatoms. The highest BCUT2D eigenvalue weighted by Gasteiger charge is 2.41. The summed E-state index contributed by atoms with van der Waals surface area (Å²) in [6.45, 7) is 2.06. The van der Waals surface area contributed by atoms with E-state index in [2.05, 4.69) is 13.0 Å². The summed E-state index contributed by atoms with van der Waals surface area (Å²) in [6, 6.07) is 22.8. The molecule has 2 aliphatic rings. The van der Waals surface area contributed by atoms with Gasteiger partial charge in [-0.15, -0.1) is 0 Å². The highest BCUT2D eigenvalue weighted by Crippen LogP contribution is 2.43. The molecule has 194 valence electrons. The molecule has 1 amide bonds. The predicted molar refractivity (Wildman–Crippen MR) is 147 cm³/mol. The lowest BCUT2D eigenvalue weighted by atomic mass is 9.84. The summed E-state index contributed by atoms with van der Waals surface area (Å²) in [6.07, 6.45) is 4.23. The molecule has 0 spiro atoms. The Labute approximate surface area is 228 Å². The van der Waals surface area contributed by atoms with E-state index in [1.165, 1.54) is 12.8 Å². The molecular formula is C30H32Cl2N2O3. The fourth-order valence-corrected chi connectivity index (χ4v) is 5.26. The lowest BCUT2D eigenvalue weighted by molar-refractivity contribution is -0.151. The first-order valence-electron chi connectivity index (χ1n) is 12.8. The fraction of sp³-hybridized carbons (Fsp3) is 0.367. The number of nitrogens with zero attached hydrogens (tertiary/aromatic N) is 2. The highest BCUT2D eigenvalue weighted by atomic mass is 35.5. The van der Waals surface area contributed by atoms with Crippen molar-refractivity contribution < 1.29 is 14.7 Å². The van der Waals surface area contributed by atoms with E-state index in [1.807, 2.05) is 71.6 Å². The number of carboxylic acids is 1. The van der Waals surface area contributed by atoms with Gasteiger partial charge in [0.1, 0.15) is 0 Å². The van der Waals surface area contributed by atoms with Crippen molar-refractivity contribution in [3.8, 4) is 0 Å². The Bertz CT molecular complexity index is 1200. The van der Waals surface area contributed by atoms with Crippen molar-refractivity contribution in [2.75, 3.05) is 0 Å². The van der Waals surface area contributed by atoms with Crippen LogP contribution in [-0.4, -0.2) is 26.9 Å². The number of carbonyl (C=O) groups excluding carboxylic acids is 1. The SMILES string of the molecule is CCC(c1cccc(C2CC2)n1)N1C(=O)C(CC(=O)O)CCC1c1ccc(Cl)cc1.Clc1ccccc1. The number of hydrogen-bond acceptors (Lipinski definition) is 3. The van der Waals surface area contributed by atoms with Crippen LogP contribution in [0.2, 0.25) is 10.0 Å². The second kappa shape index (κ2) is 12.6. The van der Waals surface area contributed by atoms with Gasteiger partial charge in [0.05, 0.1) is 24.2 Å². The van der Waals surface area contributed by atoms with Crippen molar-refractivity contribution in [3.05, 3.63) is 99.8 Å². The van der Waals surface area contributed by atoms with Crippen LogP contribution >= 0.6 is 23.2 Å². The minimum Gasteiger partial charge on any atom is -0.481 e. The number of aromatic nitrogens is 1. The van der Waals surface area contributed by atoms with Crippen LogP contribution in [0.25, 0.3) is 0 Å². The van der Waals surface area contributed by atoms with Gasteiger partial charge in [-0.1, -0.05) is 66.5 Å². The van der Waals surface area contributed by atoms with Crippen LogP contribution in [0, 0.1) is 5.92 Å². The molecule has 1 aromatic heterocycles. The van der Waals surface area contributed by atoms with Crippen molar-refractivity contribution >= 4 is 35.1 Å². The number of piperidine rings is 1. The summed E-state index contributed by atoms with van der Waals surface area (Å²) < 4.78 is 0. The predicted octanol–water partition coefficient (Wildman–Crippen LogP) is 7.86. The number of carbonyl (C=O) groups is 2. The van der Waals surface area contributed by atoms with Crippen LogP contribution in [0.15, 0.2) is 72.8 Å². The first-order valence-corrected chi connectivity index (χ1v) is 13.6. The Morgan fingerprint density at radius 1 is 0.946 bits per heavy atom. The van der Waals surface area contributed by atoms with Gasteiger partial charge in [-0.3, -0.25) is 14.6 Å². The third kappa shape index (κ3) is 7.12. The average Bonchev–Trinajstić information content (AvgIpc) is 3.74. The number of pyridine rings is 1. The molecular weight excluding hydrogens is 507 g/mol. The van der Waals surface area contributed by atoms with E-state index < -0.39 is 11.9 Å². The number of carboxylic acid groups (broad SMARTS) is 1. The molecule has 5 nitrogen and oxygen atoms in total. The minimum atomic E-state index is -0.930. The van der Waals surface area contributed by atoms with Gasteiger partial charge in [0.15, 0.2) is 0 Å². The Morgan fingerprint density at radius 3 is 2.19 bits per heavy atom. The standard InChI is InChI=1S/C24H27ClN2O3.C6H5Cl/c1-2-21(20-5-3-4-19(26-20)15-6-7-15)27-22(16-8-11-18(25)12-9-16)13-10-17(24(27)30)14-23(28)29;7-6-4-2-1-3-5-6/h3-5,8-9,11-12,15,17,21-22H,2,6-7,10,13-14H2,1H3,(H,28,29);1-5H. The van der Waals surface area contributed by atoms with E-state index in [0.717, 1.165) is 34.8 Å². The minimum absolute atomic E-state index is 0.0888. The van der Waals surface area contributed by atoms with E-state index in [4.69, 9.17) is 28.2 Å². The van der Waals surface area contributed by atoms with Gasteiger partial charge in [0.25, 0.3) is 0 Å². The number of hydrogen-bond donors (Lipinski definition) is 1. The summed E-state index contributed by atoms with van der Waals surface area (Å²) in [5.41, 5.74) is 3.02. The maximum absolute atomic E-state index is 13.5. The molecule has 3 atom stereocenters. The van der Waals surface area contributed by atoms with Crippen molar-refractivity contribution in [1.82, 2.24) is 9.88 Å². The molecule has 1 aliphatic carbocycles. The van der Waals surface area contributed by atoms with Crippen molar-refractivity contribution in [3.63, 3.8) is 0 Å². The van der Waals surface area contributed by atoms with Gasteiger partial charge in [0.2, 0.25) is 5.91 Å². The Kier molecular flexibility index (Phi) is 9.23. The summed E-state index contributed by atoms with van der Waals surface area (Å²) >= 11 is 11.6. The van der Waals surface area contributed by atoms with Crippen LogP contribution in [0.4, 0.5) is 0 Å². The number of rotatable bonds is 7. The van der Waals surface area contributed by atoms with E-state index in [1.54, 1.807) is 0 Å². The van der Waals surface area contributed by atoms with Crippen LogP contribution in [0.3, 0.4) is 0 Å². The normalized spacial score (nSPS) is 20.1. The largest absolute Gasteiger partial charge is 0.481 e. The maximum Gasteiger partial charge on any atom is 0.304 e. The monoisotopic (exact) mass is 538 g/mol. The van der Waals surface area contributed by atoms with E-state index >= 15 is 0 Å². The number of likely N-dealkylation sites (tertiary alicyclic amines) is 1. The molecule has 2 fully saturated rings. The van der Waals surface area contributed by atoms with E-state index in [0.29, 0.717) is 17.4 Å². The Balaban J connectivity index is 0.000000396. The number of amides is 1. The number of halogens is 2. The molecule has 3 unspecified atom stereocenters. The maximum atomic E-state index is 13.5. The zero-order chi connectivity index (χ0) is 26.4. The summed E-state index contributed by atoms with van der Waals surface area (Å²) in [4.78, 5) is 31.7. The smallest absolute Gasteiger partial charge is 0.304 e.